The second-order valence-electron chi connectivity index (χ2n) is 9.49. The predicted molar refractivity (Wildman–Crippen MR) is 134 cm³/mol. The summed E-state index contributed by atoms with van der Waals surface area (Å²) in [5, 5.41) is 5.44. The Labute approximate surface area is 219 Å². The Morgan fingerprint density at radius 3 is 2.58 bits per heavy atom. The van der Waals surface area contributed by atoms with Crippen LogP contribution in [0.15, 0.2) is 42.5 Å². The van der Waals surface area contributed by atoms with E-state index in [2.05, 4.69) is 20.1 Å². The zero-order chi connectivity index (χ0) is 27.2. The van der Waals surface area contributed by atoms with Crippen LogP contribution in [0, 0.1) is 5.92 Å². The molecule has 3 amide bonds. The van der Waals surface area contributed by atoms with Gasteiger partial charge in [-0.3, -0.25) is 14.9 Å². The van der Waals surface area contributed by atoms with E-state index in [1.165, 1.54) is 25.0 Å². The van der Waals surface area contributed by atoms with Crippen molar-refractivity contribution < 1.29 is 37.4 Å². The van der Waals surface area contributed by atoms with Crippen LogP contribution in [0.4, 0.5) is 19.3 Å². The van der Waals surface area contributed by atoms with Gasteiger partial charge in [-0.15, -0.1) is 0 Å². The minimum absolute atomic E-state index is 0.0379. The molecule has 38 heavy (non-hydrogen) atoms. The van der Waals surface area contributed by atoms with Crippen molar-refractivity contribution in [3.8, 4) is 11.5 Å². The molecule has 9 nitrogen and oxygen atoms in total. The van der Waals surface area contributed by atoms with Crippen LogP contribution >= 0.6 is 0 Å². The van der Waals surface area contributed by atoms with Gasteiger partial charge in [0, 0.05) is 31.6 Å². The van der Waals surface area contributed by atoms with Gasteiger partial charge in [0.1, 0.15) is 6.04 Å². The van der Waals surface area contributed by atoms with E-state index in [-0.39, 0.29) is 35.8 Å². The quantitative estimate of drug-likeness (QED) is 0.474. The number of ether oxygens (including phenoxy) is 3. The summed E-state index contributed by atoms with van der Waals surface area (Å²) in [6, 6.07) is 11.0. The molecule has 204 valence electrons. The molecule has 1 aliphatic carbocycles. The minimum Gasteiger partial charge on any atom is -0.489 e. The van der Waals surface area contributed by atoms with E-state index in [9.17, 15) is 23.2 Å². The van der Waals surface area contributed by atoms with E-state index in [1.807, 2.05) is 0 Å². The van der Waals surface area contributed by atoms with Crippen molar-refractivity contribution in [1.29, 1.82) is 0 Å². The lowest BCUT2D eigenvalue weighted by atomic mass is 9.95. The third-order valence-electron chi connectivity index (χ3n) is 6.66. The third-order valence-corrected chi connectivity index (χ3v) is 6.66. The molecule has 2 atom stereocenters. The predicted octanol–water partition coefficient (Wildman–Crippen LogP) is 4.28. The van der Waals surface area contributed by atoms with Crippen molar-refractivity contribution in [3.63, 3.8) is 0 Å². The number of likely N-dealkylation sites (tertiary alicyclic amines) is 1. The summed E-state index contributed by atoms with van der Waals surface area (Å²) in [5.41, 5.74) is 2.05. The molecule has 0 spiro atoms. The van der Waals surface area contributed by atoms with Crippen molar-refractivity contribution in [1.82, 2.24) is 10.2 Å². The number of halogens is 2. The molecule has 4 rings (SSSR count). The van der Waals surface area contributed by atoms with E-state index in [4.69, 9.17) is 4.74 Å². The largest absolute Gasteiger partial charge is 0.489 e. The summed E-state index contributed by atoms with van der Waals surface area (Å²) in [6.07, 6.45) is 1.86. The Hall–Kier alpha value is -3.89. The highest BCUT2D eigenvalue weighted by Gasteiger charge is 2.39. The zero-order valence-electron chi connectivity index (χ0n) is 21.2. The van der Waals surface area contributed by atoms with E-state index >= 15 is 0 Å². The van der Waals surface area contributed by atoms with Crippen molar-refractivity contribution in [2.24, 2.45) is 5.92 Å². The number of alkyl halides is 2. The highest BCUT2D eigenvalue weighted by Crippen LogP contribution is 2.39. The first-order chi connectivity index (χ1) is 18.2. The number of hydrogen-bond acceptors (Lipinski definition) is 6. The molecule has 1 aliphatic heterocycles. The molecule has 2 fully saturated rings. The Morgan fingerprint density at radius 2 is 1.89 bits per heavy atom. The number of benzene rings is 2. The van der Waals surface area contributed by atoms with Crippen molar-refractivity contribution >= 4 is 23.6 Å². The van der Waals surface area contributed by atoms with Crippen LogP contribution < -0.4 is 20.1 Å². The fourth-order valence-electron chi connectivity index (χ4n) is 4.49. The Bertz CT molecular complexity index is 1170. The number of anilines is 1. The van der Waals surface area contributed by atoms with Gasteiger partial charge in [0.15, 0.2) is 11.5 Å². The third kappa shape index (κ3) is 7.11. The first kappa shape index (κ1) is 27.2. The van der Waals surface area contributed by atoms with Crippen LogP contribution in [0.1, 0.15) is 43.2 Å². The standard InChI is InChI=1S/C27H31F2N3O6/c1-16(33)32-14-20(19-8-9-23(38-26(28)29)24(12-19)37-15-17-6-7-17)11-22(32)25(34)30-13-18-4-3-5-21(10-18)31-27(35)36-2/h3-5,8-10,12,17,20,22,26H,6-7,11,13-15H2,1-2H3,(H,30,34)(H,31,35)/t20?,22-/m1/s1. The average molecular weight is 532 g/mol. The molecule has 2 aromatic rings. The lowest BCUT2D eigenvalue weighted by Crippen LogP contribution is -2.44. The van der Waals surface area contributed by atoms with Crippen molar-refractivity contribution in [2.75, 3.05) is 25.6 Å². The summed E-state index contributed by atoms with van der Waals surface area (Å²) in [7, 11) is 1.27. The molecule has 1 saturated carbocycles. The molecule has 11 heteroatoms. The monoisotopic (exact) mass is 531 g/mol. The highest BCUT2D eigenvalue weighted by molar-refractivity contribution is 5.88. The first-order valence-corrected chi connectivity index (χ1v) is 12.4. The normalized spacial score (nSPS) is 18.7. The SMILES string of the molecule is COC(=O)Nc1cccc(CNC(=O)[C@H]2CC(c3ccc(OC(F)F)c(OCC4CC4)c3)CN2C(C)=O)c1. The fourth-order valence-corrected chi connectivity index (χ4v) is 4.49. The number of carbonyl (C=O) groups is 3. The molecule has 1 heterocycles. The average Bonchev–Trinajstić information content (AvgIpc) is 3.61. The van der Waals surface area contributed by atoms with Crippen LogP contribution in [0.5, 0.6) is 11.5 Å². The van der Waals surface area contributed by atoms with Gasteiger partial charge in [0.25, 0.3) is 0 Å². The number of nitrogens with zero attached hydrogens (tertiary/aromatic N) is 1. The van der Waals surface area contributed by atoms with Crippen LogP contribution in [-0.2, 0) is 20.9 Å². The van der Waals surface area contributed by atoms with E-state index in [0.717, 1.165) is 24.0 Å². The summed E-state index contributed by atoms with van der Waals surface area (Å²) in [4.78, 5) is 38.5. The number of amides is 3. The maximum absolute atomic E-state index is 13.1. The second kappa shape index (κ2) is 12.1. The first-order valence-electron chi connectivity index (χ1n) is 12.4. The Kier molecular flexibility index (Phi) is 8.65. The number of hydrogen-bond donors (Lipinski definition) is 2. The van der Waals surface area contributed by atoms with Gasteiger partial charge in [0.2, 0.25) is 11.8 Å². The van der Waals surface area contributed by atoms with E-state index in [0.29, 0.717) is 31.2 Å². The van der Waals surface area contributed by atoms with Gasteiger partial charge >= 0.3 is 12.7 Å². The van der Waals surface area contributed by atoms with Crippen molar-refractivity contribution in [2.45, 2.75) is 51.3 Å². The summed E-state index contributed by atoms with van der Waals surface area (Å²) in [5.74, 6) is -0.119. The van der Waals surface area contributed by atoms with Gasteiger partial charge in [-0.25, -0.2) is 4.79 Å². The summed E-state index contributed by atoms with van der Waals surface area (Å²) >= 11 is 0. The Balaban J connectivity index is 1.44. The van der Waals surface area contributed by atoms with Gasteiger partial charge < -0.3 is 24.4 Å². The topological polar surface area (TPSA) is 106 Å². The number of methoxy groups -OCH3 is 1. The van der Waals surface area contributed by atoms with Gasteiger partial charge in [0.05, 0.1) is 13.7 Å². The van der Waals surface area contributed by atoms with E-state index < -0.39 is 18.7 Å². The van der Waals surface area contributed by atoms with Crippen LogP contribution in [0.2, 0.25) is 0 Å². The Morgan fingerprint density at radius 1 is 1.11 bits per heavy atom. The minimum atomic E-state index is -2.98. The van der Waals surface area contributed by atoms with Crippen molar-refractivity contribution in [3.05, 3.63) is 53.6 Å². The van der Waals surface area contributed by atoms with Crippen LogP contribution in [0.3, 0.4) is 0 Å². The molecular formula is C27H31F2N3O6. The van der Waals surface area contributed by atoms with Crippen LogP contribution in [-0.4, -0.2) is 55.7 Å². The van der Waals surface area contributed by atoms with Crippen LogP contribution in [0.25, 0.3) is 0 Å². The second-order valence-corrected chi connectivity index (χ2v) is 9.49. The molecule has 2 aliphatic rings. The molecule has 2 N–H and O–H groups in total. The molecule has 0 bridgehead atoms. The number of nitrogens with one attached hydrogen (secondary N) is 2. The van der Waals surface area contributed by atoms with E-state index in [1.54, 1.807) is 36.4 Å². The highest BCUT2D eigenvalue weighted by atomic mass is 19.3. The lowest BCUT2D eigenvalue weighted by Gasteiger charge is -2.22. The molecular weight excluding hydrogens is 500 g/mol. The summed E-state index contributed by atoms with van der Waals surface area (Å²) < 4.78 is 40.8. The fraction of sp³-hybridized carbons (Fsp3) is 0.444. The molecule has 1 saturated heterocycles. The summed E-state index contributed by atoms with van der Waals surface area (Å²) in [6.45, 7) is -0.637. The van der Waals surface area contributed by atoms with Gasteiger partial charge in [-0.2, -0.15) is 8.78 Å². The smallest absolute Gasteiger partial charge is 0.411 e. The molecule has 0 radical (unpaired) electrons. The lowest BCUT2D eigenvalue weighted by molar-refractivity contribution is -0.136. The van der Waals surface area contributed by atoms with Gasteiger partial charge in [-0.05, 0) is 60.6 Å². The zero-order valence-corrected chi connectivity index (χ0v) is 21.2. The number of rotatable bonds is 10. The molecule has 1 unspecified atom stereocenters. The maximum atomic E-state index is 13.1. The van der Waals surface area contributed by atoms with Gasteiger partial charge in [-0.1, -0.05) is 18.2 Å². The molecule has 0 aromatic heterocycles. The number of carbonyl (C=O) groups excluding carboxylic acids is 3. The maximum Gasteiger partial charge on any atom is 0.411 e. The molecule has 2 aromatic carbocycles.